The molecule has 4 aromatic rings. The summed E-state index contributed by atoms with van der Waals surface area (Å²) in [5.74, 6) is 1.63. The highest BCUT2D eigenvalue weighted by Gasteiger charge is 2.27. The third-order valence-electron chi connectivity index (χ3n) is 6.29. The molecule has 6 nitrogen and oxygen atoms in total. The Balaban J connectivity index is 1.46. The fraction of sp³-hybridized carbons (Fsp3) is 0.360. The molecule has 0 amide bonds. The van der Waals surface area contributed by atoms with Gasteiger partial charge in [-0.2, -0.15) is 4.98 Å². The second-order valence-corrected chi connectivity index (χ2v) is 9.62. The first-order valence-corrected chi connectivity index (χ1v) is 12.5. The standard InChI is InChI=1S/C25H25F2N5OS/c1-14(2)25-30-23(31-33-25)15-8-10-32(11-9-15)24-21-18(26)6-5-17(22(21)28-13-29-24)16-4-7-20(34-3)19(27)12-16/h4-7,12-15H,8-11H2,1-3H3. The van der Waals surface area contributed by atoms with Crippen LogP contribution in [0.1, 0.15) is 50.2 Å². The number of anilines is 1. The summed E-state index contributed by atoms with van der Waals surface area (Å²) in [6.07, 6.45) is 4.90. The summed E-state index contributed by atoms with van der Waals surface area (Å²) in [5.41, 5.74) is 1.80. The normalized spacial score (nSPS) is 14.9. The Labute approximate surface area is 200 Å². The molecule has 0 unspecified atom stereocenters. The summed E-state index contributed by atoms with van der Waals surface area (Å²) in [6.45, 7) is 5.41. The van der Waals surface area contributed by atoms with Crippen molar-refractivity contribution in [3.8, 4) is 11.1 Å². The van der Waals surface area contributed by atoms with Crippen LogP contribution >= 0.6 is 11.8 Å². The third-order valence-corrected chi connectivity index (χ3v) is 7.06. The van der Waals surface area contributed by atoms with Crippen LogP contribution in [0.3, 0.4) is 0 Å². The van der Waals surface area contributed by atoms with Crippen molar-refractivity contribution in [2.24, 2.45) is 0 Å². The molecule has 1 fully saturated rings. The number of rotatable bonds is 5. The van der Waals surface area contributed by atoms with Gasteiger partial charge >= 0.3 is 0 Å². The van der Waals surface area contributed by atoms with Crippen LogP contribution in [0, 0.1) is 11.6 Å². The predicted molar refractivity (Wildman–Crippen MR) is 129 cm³/mol. The quantitative estimate of drug-likeness (QED) is 0.315. The maximum atomic E-state index is 15.1. The average Bonchev–Trinajstić information content (AvgIpc) is 3.35. The lowest BCUT2D eigenvalue weighted by Gasteiger charge is -2.32. The molecule has 2 aromatic carbocycles. The molecule has 1 saturated heterocycles. The highest BCUT2D eigenvalue weighted by Crippen LogP contribution is 2.37. The van der Waals surface area contributed by atoms with Gasteiger partial charge in [-0.25, -0.2) is 18.7 Å². The zero-order chi connectivity index (χ0) is 23.8. The minimum absolute atomic E-state index is 0.191. The maximum Gasteiger partial charge on any atom is 0.229 e. The van der Waals surface area contributed by atoms with E-state index in [4.69, 9.17) is 4.52 Å². The van der Waals surface area contributed by atoms with E-state index < -0.39 is 5.82 Å². The van der Waals surface area contributed by atoms with Crippen LogP contribution in [0.15, 0.2) is 46.1 Å². The number of fused-ring (bicyclic) bond motifs is 1. The number of hydrogen-bond donors (Lipinski definition) is 0. The predicted octanol–water partition coefficient (Wildman–Crippen LogP) is 6.19. The molecule has 3 heterocycles. The Bertz CT molecular complexity index is 1330. The van der Waals surface area contributed by atoms with Crippen molar-refractivity contribution in [1.82, 2.24) is 20.1 Å². The Hall–Kier alpha value is -3.07. The molecule has 34 heavy (non-hydrogen) atoms. The minimum atomic E-state index is -0.391. The number of halogens is 2. The molecule has 0 saturated carbocycles. The van der Waals surface area contributed by atoms with E-state index in [2.05, 4.69) is 25.0 Å². The van der Waals surface area contributed by atoms with Crippen LogP contribution in [0.5, 0.6) is 0 Å². The zero-order valence-corrected chi connectivity index (χ0v) is 20.1. The van der Waals surface area contributed by atoms with E-state index in [0.717, 1.165) is 18.7 Å². The van der Waals surface area contributed by atoms with Crippen molar-refractivity contribution < 1.29 is 13.3 Å². The van der Waals surface area contributed by atoms with Gasteiger partial charge < -0.3 is 9.42 Å². The van der Waals surface area contributed by atoms with Gasteiger partial charge in [0.1, 0.15) is 23.8 Å². The van der Waals surface area contributed by atoms with Crippen molar-refractivity contribution in [1.29, 1.82) is 0 Å². The highest BCUT2D eigenvalue weighted by atomic mass is 32.2. The summed E-state index contributed by atoms with van der Waals surface area (Å²) in [5, 5.41) is 4.52. The Morgan fingerprint density at radius 2 is 1.85 bits per heavy atom. The molecule has 0 aliphatic carbocycles. The number of thioether (sulfide) groups is 1. The first kappa shape index (κ1) is 22.7. The fourth-order valence-corrected chi connectivity index (χ4v) is 4.88. The smallest absolute Gasteiger partial charge is 0.229 e. The van der Waals surface area contributed by atoms with Gasteiger partial charge in [0, 0.05) is 35.4 Å². The molecule has 176 valence electrons. The van der Waals surface area contributed by atoms with Gasteiger partial charge in [0.2, 0.25) is 5.89 Å². The number of nitrogens with zero attached hydrogens (tertiary/aromatic N) is 5. The first-order chi connectivity index (χ1) is 16.5. The molecule has 0 radical (unpaired) electrons. The fourth-order valence-electron chi connectivity index (χ4n) is 4.42. The number of aromatic nitrogens is 4. The Kier molecular flexibility index (Phi) is 6.20. The van der Waals surface area contributed by atoms with Gasteiger partial charge in [-0.15, -0.1) is 11.8 Å². The summed E-state index contributed by atoms with van der Waals surface area (Å²) in [6, 6.07) is 8.11. The van der Waals surface area contributed by atoms with E-state index in [9.17, 15) is 4.39 Å². The van der Waals surface area contributed by atoms with E-state index in [-0.39, 0.29) is 17.7 Å². The average molecular weight is 482 g/mol. The van der Waals surface area contributed by atoms with Crippen LogP contribution in [-0.2, 0) is 0 Å². The molecule has 1 aliphatic heterocycles. The molecule has 1 aliphatic rings. The minimum Gasteiger partial charge on any atom is -0.356 e. The SMILES string of the molecule is CSc1ccc(-c2ccc(F)c3c(N4CCC(c5noc(C(C)C)n5)CC4)ncnc23)cc1F. The number of piperidine rings is 1. The van der Waals surface area contributed by atoms with Gasteiger partial charge in [-0.1, -0.05) is 25.1 Å². The van der Waals surface area contributed by atoms with Crippen molar-refractivity contribution in [2.75, 3.05) is 24.2 Å². The van der Waals surface area contributed by atoms with E-state index in [1.54, 1.807) is 12.1 Å². The molecule has 2 aromatic heterocycles. The van der Waals surface area contributed by atoms with Crippen LogP contribution in [0.2, 0.25) is 0 Å². The van der Waals surface area contributed by atoms with Crippen molar-refractivity contribution in [2.45, 2.75) is 43.4 Å². The van der Waals surface area contributed by atoms with Gasteiger partial charge in [-0.3, -0.25) is 0 Å². The lowest BCUT2D eigenvalue weighted by atomic mass is 9.95. The molecule has 5 rings (SSSR count). The van der Waals surface area contributed by atoms with E-state index >= 15 is 4.39 Å². The van der Waals surface area contributed by atoms with Crippen LogP contribution in [0.25, 0.3) is 22.0 Å². The molecule has 9 heteroatoms. The molecule has 0 spiro atoms. The number of hydrogen-bond acceptors (Lipinski definition) is 7. The molecule has 0 bridgehead atoms. The monoisotopic (exact) mass is 481 g/mol. The molecular weight excluding hydrogens is 456 g/mol. The Morgan fingerprint density at radius 1 is 1.06 bits per heavy atom. The summed E-state index contributed by atoms with van der Waals surface area (Å²) >= 11 is 1.35. The van der Waals surface area contributed by atoms with E-state index in [1.165, 1.54) is 30.2 Å². The number of benzene rings is 2. The van der Waals surface area contributed by atoms with Gasteiger partial charge in [0.25, 0.3) is 0 Å². The highest BCUT2D eigenvalue weighted by molar-refractivity contribution is 7.98. The lowest BCUT2D eigenvalue weighted by Crippen LogP contribution is -2.34. The Morgan fingerprint density at radius 3 is 2.53 bits per heavy atom. The van der Waals surface area contributed by atoms with E-state index in [1.807, 2.05) is 26.2 Å². The van der Waals surface area contributed by atoms with Crippen molar-refractivity contribution in [3.63, 3.8) is 0 Å². The lowest BCUT2D eigenvalue weighted by molar-refractivity contribution is 0.353. The van der Waals surface area contributed by atoms with Crippen molar-refractivity contribution in [3.05, 3.63) is 60.0 Å². The summed E-state index contributed by atoms with van der Waals surface area (Å²) in [7, 11) is 0. The third kappa shape index (κ3) is 4.13. The van der Waals surface area contributed by atoms with Crippen LogP contribution < -0.4 is 4.90 Å². The maximum absolute atomic E-state index is 15.1. The summed E-state index contributed by atoms with van der Waals surface area (Å²) in [4.78, 5) is 16.0. The topological polar surface area (TPSA) is 67.9 Å². The first-order valence-electron chi connectivity index (χ1n) is 11.3. The molecule has 0 atom stereocenters. The molecule has 0 N–H and O–H groups in total. The van der Waals surface area contributed by atoms with Crippen LogP contribution in [0.4, 0.5) is 14.6 Å². The van der Waals surface area contributed by atoms with Gasteiger partial charge in [-0.05, 0) is 48.9 Å². The second kappa shape index (κ2) is 9.29. The van der Waals surface area contributed by atoms with Gasteiger partial charge in [0.05, 0.1) is 10.9 Å². The second-order valence-electron chi connectivity index (χ2n) is 8.77. The molecular formula is C25H25F2N5OS. The van der Waals surface area contributed by atoms with Gasteiger partial charge in [0.15, 0.2) is 5.82 Å². The van der Waals surface area contributed by atoms with Crippen molar-refractivity contribution >= 4 is 28.5 Å². The van der Waals surface area contributed by atoms with E-state index in [0.29, 0.717) is 51.7 Å². The summed E-state index contributed by atoms with van der Waals surface area (Å²) < 4.78 is 34.9. The zero-order valence-electron chi connectivity index (χ0n) is 19.3. The largest absolute Gasteiger partial charge is 0.356 e. The van der Waals surface area contributed by atoms with Crippen LogP contribution in [-0.4, -0.2) is 39.5 Å².